The number of ether oxygens (including phenoxy) is 2. The van der Waals surface area contributed by atoms with Gasteiger partial charge in [-0.2, -0.15) is 0 Å². The van der Waals surface area contributed by atoms with Crippen molar-refractivity contribution in [3.05, 3.63) is 76.2 Å². The molecule has 0 saturated carbocycles. The predicted molar refractivity (Wildman–Crippen MR) is 111 cm³/mol. The van der Waals surface area contributed by atoms with Crippen molar-refractivity contribution in [2.75, 3.05) is 19.8 Å². The van der Waals surface area contributed by atoms with Crippen LogP contribution in [-0.2, 0) is 9.53 Å². The van der Waals surface area contributed by atoms with E-state index in [0.29, 0.717) is 28.6 Å². The van der Waals surface area contributed by atoms with Gasteiger partial charge in [0.05, 0.1) is 28.9 Å². The van der Waals surface area contributed by atoms with Crippen LogP contribution in [0.1, 0.15) is 25.5 Å². The van der Waals surface area contributed by atoms with Crippen molar-refractivity contribution in [1.82, 2.24) is 10.2 Å². The van der Waals surface area contributed by atoms with Crippen LogP contribution in [0.5, 0.6) is 5.75 Å². The average Bonchev–Trinajstić information content (AvgIpc) is 2.72. The van der Waals surface area contributed by atoms with Crippen LogP contribution in [0.15, 0.2) is 59.8 Å². The third-order valence-corrected chi connectivity index (χ3v) is 4.95. The van der Waals surface area contributed by atoms with Gasteiger partial charge in [-0.15, -0.1) is 0 Å². The zero-order valence-corrected chi connectivity index (χ0v) is 17.4. The zero-order chi connectivity index (χ0) is 21.7. The van der Waals surface area contributed by atoms with E-state index in [0.717, 1.165) is 0 Å². The summed E-state index contributed by atoms with van der Waals surface area (Å²) in [5.41, 5.74) is 0.960. The summed E-state index contributed by atoms with van der Waals surface area (Å²) in [6, 6.07) is 11.3. The Kier molecular flexibility index (Phi) is 6.95. The summed E-state index contributed by atoms with van der Waals surface area (Å²) >= 11 is 6.16. The van der Waals surface area contributed by atoms with Gasteiger partial charge in [0.1, 0.15) is 18.2 Å². The molecule has 1 heterocycles. The van der Waals surface area contributed by atoms with Gasteiger partial charge in [-0.1, -0.05) is 35.9 Å². The second-order valence-corrected chi connectivity index (χ2v) is 6.89. The van der Waals surface area contributed by atoms with Crippen molar-refractivity contribution in [3.8, 4) is 5.75 Å². The summed E-state index contributed by atoms with van der Waals surface area (Å²) in [5.74, 6) is -0.668. The lowest BCUT2D eigenvalue weighted by Gasteiger charge is -2.36. The highest BCUT2D eigenvalue weighted by molar-refractivity contribution is 6.32. The van der Waals surface area contributed by atoms with E-state index < -0.39 is 23.9 Å². The lowest BCUT2D eigenvalue weighted by Crippen LogP contribution is -2.49. The number of para-hydroxylation sites is 1. The fourth-order valence-corrected chi connectivity index (χ4v) is 3.48. The highest BCUT2D eigenvalue weighted by Gasteiger charge is 2.38. The number of esters is 1. The Morgan fingerprint density at radius 3 is 2.63 bits per heavy atom. The van der Waals surface area contributed by atoms with Crippen molar-refractivity contribution >= 4 is 23.6 Å². The maximum Gasteiger partial charge on any atom is 0.338 e. The monoisotopic (exact) mass is 432 g/mol. The molecule has 2 aromatic carbocycles. The topological polar surface area (TPSA) is 67.9 Å². The number of urea groups is 1. The first-order valence-electron chi connectivity index (χ1n) is 9.57. The van der Waals surface area contributed by atoms with Gasteiger partial charge in [-0.3, -0.25) is 4.90 Å². The number of halogens is 2. The van der Waals surface area contributed by atoms with Crippen LogP contribution in [0.25, 0.3) is 0 Å². The molecule has 1 aliphatic rings. The van der Waals surface area contributed by atoms with Crippen LogP contribution in [0.2, 0.25) is 5.02 Å². The van der Waals surface area contributed by atoms with Gasteiger partial charge >= 0.3 is 12.0 Å². The SMILES string of the molecule is CCOC(=O)C1=C(COc2ccccc2Cl)N(CC)C(=O)NC1c1cccc(F)c1. The van der Waals surface area contributed by atoms with E-state index in [1.165, 1.54) is 23.1 Å². The van der Waals surface area contributed by atoms with E-state index in [9.17, 15) is 14.0 Å². The van der Waals surface area contributed by atoms with E-state index in [-0.39, 0.29) is 18.8 Å². The molecule has 0 spiro atoms. The summed E-state index contributed by atoms with van der Waals surface area (Å²) < 4.78 is 24.9. The minimum atomic E-state index is -0.875. The molecule has 0 aromatic heterocycles. The second kappa shape index (κ2) is 9.63. The van der Waals surface area contributed by atoms with Gasteiger partial charge in [0.2, 0.25) is 0 Å². The first-order valence-corrected chi connectivity index (χ1v) is 9.95. The van der Waals surface area contributed by atoms with Crippen molar-refractivity contribution in [2.24, 2.45) is 0 Å². The molecular formula is C22H22ClFN2O4. The van der Waals surface area contributed by atoms with Gasteiger partial charge in [-0.05, 0) is 43.7 Å². The van der Waals surface area contributed by atoms with Crippen LogP contribution in [0.3, 0.4) is 0 Å². The number of nitrogens with one attached hydrogen (secondary N) is 1. The lowest BCUT2D eigenvalue weighted by atomic mass is 9.94. The maximum absolute atomic E-state index is 13.9. The molecule has 30 heavy (non-hydrogen) atoms. The Hall–Kier alpha value is -3.06. The van der Waals surface area contributed by atoms with E-state index in [1.807, 2.05) is 0 Å². The number of rotatable bonds is 7. The fourth-order valence-electron chi connectivity index (χ4n) is 3.29. The van der Waals surface area contributed by atoms with Gasteiger partial charge in [-0.25, -0.2) is 14.0 Å². The smallest absolute Gasteiger partial charge is 0.338 e. The molecule has 1 aliphatic heterocycles. The molecule has 0 saturated heterocycles. The maximum atomic E-state index is 13.9. The molecule has 1 atom stereocenters. The first-order chi connectivity index (χ1) is 14.5. The highest BCUT2D eigenvalue weighted by Crippen LogP contribution is 2.33. The Morgan fingerprint density at radius 1 is 1.20 bits per heavy atom. The second-order valence-electron chi connectivity index (χ2n) is 6.48. The van der Waals surface area contributed by atoms with Crippen LogP contribution in [0.4, 0.5) is 9.18 Å². The predicted octanol–water partition coefficient (Wildman–Crippen LogP) is 4.46. The molecule has 0 aliphatic carbocycles. The number of benzene rings is 2. The van der Waals surface area contributed by atoms with E-state index >= 15 is 0 Å². The normalized spacial score (nSPS) is 16.3. The van der Waals surface area contributed by atoms with Crippen LogP contribution >= 0.6 is 11.6 Å². The van der Waals surface area contributed by atoms with E-state index in [4.69, 9.17) is 21.1 Å². The number of hydrogen-bond acceptors (Lipinski definition) is 4. The van der Waals surface area contributed by atoms with Crippen molar-refractivity contribution in [3.63, 3.8) is 0 Å². The number of nitrogens with zero attached hydrogens (tertiary/aromatic N) is 1. The molecule has 6 nitrogen and oxygen atoms in total. The molecule has 2 amide bonds. The highest BCUT2D eigenvalue weighted by atomic mass is 35.5. The Morgan fingerprint density at radius 2 is 1.97 bits per heavy atom. The Labute approximate surface area is 179 Å². The third kappa shape index (κ3) is 4.57. The number of carbonyl (C=O) groups excluding carboxylic acids is 2. The number of carbonyl (C=O) groups is 2. The number of hydrogen-bond donors (Lipinski definition) is 1. The zero-order valence-electron chi connectivity index (χ0n) is 16.7. The molecule has 3 rings (SSSR count). The quantitative estimate of drug-likeness (QED) is 0.656. The van der Waals surface area contributed by atoms with Crippen LogP contribution in [0, 0.1) is 5.82 Å². The van der Waals surface area contributed by atoms with Crippen molar-refractivity contribution in [1.29, 1.82) is 0 Å². The minimum Gasteiger partial charge on any atom is -0.486 e. The standard InChI is InChI=1S/C22H22ClFN2O4/c1-3-26-17(13-30-18-11-6-5-10-16(18)23)19(21(27)29-4-2)20(25-22(26)28)14-8-7-9-15(24)12-14/h5-12,20H,3-4,13H2,1-2H3,(H,25,28). The number of likely N-dealkylation sites (N-methyl/N-ethyl adjacent to an activating group) is 1. The molecule has 0 radical (unpaired) electrons. The molecule has 158 valence electrons. The summed E-state index contributed by atoms with van der Waals surface area (Å²) in [7, 11) is 0. The van der Waals surface area contributed by atoms with Crippen molar-refractivity contribution in [2.45, 2.75) is 19.9 Å². The molecule has 0 bridgehead atoms. The molecule has 0 fully saturated rings. The fraction of sp³-hybridized carbons (Fsp3) is 0.273. The summed E-state index contributed by atoms with van der Waals surface area (Å²) in [6.07, 6.45) is 0. The average molecular weight is 433 g/mol. The van der Waals surface area contributed by atoms with Gasteiger partial charge in [0.15, 0.2) is 0 Å². The summed E-state index contributed by atoms with van der Waals surface area (Å²) in [5, 5.41) is 3.17. The van der Waals surface area contributed by atoms with E-state index in [1.54, 1.807) is 44.2 Å². The van der Waals surface area contributed by atoms with Crippen molar-refractivity contribution < 1.29 is 23.5 Å². The first kappa shape index (κ1) is 21.6. The molecule has 1 unspecified atom stereocenters. The summed E-state index contributed by atoms with van der Waals surface area (Å²) in [6.45, 7) is 3.82. The van der Waals surface area contributed by atoms with Gasteiger partial charge in [0, 0.05) is 6.54 Å². The van der Waals surface area contributed by atoms with Crippen LogP contribution < -0.4 is 10.1 Å². The minimum absolute atomic E-state index is 0.0923. The number of amides is 2. The largest absolute Gasteiger partial charge is 0.486 e. The van der Waals surface area contributed by atoms with Gasteiger partial charge < -0.3 is 14.8 Å². The molecule has 1 N–H and O–H groups in total. The lowest BCUT2D eigenvalue weighted by molar-refractivity contribution is -0.139. The summed E-state index contributed by atoms with van der Waals surface area (Å²) in [4.78, 5) is 27.1. The van der Waals surface area contributed by atoms with Crippen LogP contribution in [-0.4, -0.2) is 36.7 Å². The molecular weight excluding hydrogens is 411 g/mol. The third-order valence-electron chi connectivity index (χ3n) is 4.63. The molecule has 8 heteroatoms. The van der Waals surface area contributed by atoms with E-state index in [2.05, 4.69) is 5.32 Å². The Bertz CT molecular complexity index is 979. The Balaban J connectivity index is 2.09. The van der Waals surface area contributed by atoms with Gasteiger partial charge in [0.25, 0.3) is 0 Å². The molecule has 2 aromatic rings.